The lowest BCUT2D eigenvalue weighted by Gasteiger charge is -2.05. The van der Waals surface area contributed by atoms with Crippen molar-refractivity contribution < 1.29 is 9.21 Å². The van der Waals surface area contributed by atoms with Crippen molar-refractivity contribution in [3.8, 4) is 6.07 Å². The van der Waals surface area contributed by atoms with Gasteiger partial charge in [0, 0.05) is 6.42 Å². The summed E-state index contributed by atoms with van der Waals surface area (Å²) in [7, 11) is 0. The van der Waals surface area contributed by atoms with Gasteiger partial charge in [-0.1, -0.05) is 6.92 Å². The number of hydrogen-bond donors (Lipinski definition) is 1. The second-order valence-electron chi connectivity index (χ2n) is 2.94. The van der Waals surface area contributed by atoms with E-state index in [0.717, 1.165) is 0 Å². The number of aryl methyl sites for hydroxylation is 1. The topological polar surface area (TPSA) is 66.0 Å². The van der Waals surface area contributed by atoms with Crippen molar-refractivity contribution in [2.45, 2.75) is 26.3 Å². The van der Waals surface area contributed by atoms with E-state index < -0.39 is 6.04 Å². The molecule has 1 N–H and O–H groups in total. The van der Waals surface area contributed by atoms with Crippen LogP contribution in [0.1, 0.15) is 30.0 Å². The molecule has 4 nitrogen and oxygen atoms in total. The molecule has 0 fully saturated rings. The number of carbonyl (C=O) groups is 1. The van der Waals surface area contributed by atoms with Gasteiger partial charge < -0.3 is 9.73 Å². The van der Waals surface area contributed by atoms with Crippen LogP contribution in [0.3, 0.4) is 0 Å². The van der Waals surface area contributed by atoms with Crippen LogP contribution >= 0.6 is 0 Å². The molecule has 0 saturated heterocycles. The molecule has 1 unspecified atom stereocenters. The number of nitriles is 1. The first-order valence-electron chi connectivity index (χ1n) is 4.45. The Morgan fingerprint density at radius 2 is 2.50 bits per heavy atom. The minimum Gasteiger partial charge on any atom is -0.469 e. The molecular formula is C10H12N2O2. The number of furan rings is 1. The molecule has 1 atom stereocenters. The highest BCUT2D eigenvalue weighted by molar-refractivity contribution is 5.95. The van der Waals surface area contributed by atoms with Crippen molar-refractivity contribution in [3.63, 3.8) is 0 Å². The normalized spacial score (nSPS) is 11.8. The maximum absolute atomic E-state index is 11.5. The predicted molar refractivity (Wildman–Crippen MR) is 50.6 cm³/mol. The quantitative estimate of drug-likeness (QED) is 0.788. The summed E-state index contributed by atoms with van der Waals surface area (Å²) in [5.41, 5.74) is 0.509. The van der Waals surface area contributed by atoms with Gasteiger partial charge in [0.2, 0.25) is 0 Å². The number of carbonyl (C=O) groups excluding carboxylic acids is 1. The molecular weight excluding hydrogens is 180 g/mol. The van der Waals surface area contributed by atoms with Crippen LogP contribution in [-0.2, 0) is 6.42 Å². The zero-order chi connectivity index (χ0) is 10.6. The van der Waals surface area contributed by atoms with Crippen LogP contribution in [-0.4, -0.2) is 11.9 Å². The van der Waals surface area contributed by atoms with Crippen molar-refractivity contribution in [1.29, 1.82) is 5.26 Å². The van der Waals surface area contributed by atoms with E-state index in [1.165, 1.54) is 6.26 Å². The summed E-state index contributed by atoms with van der Waals surface area (Å²) in [4.78, 5) is 11.5. The Hall–Kier alpha value is -1.76. The molecule has 0 radical (unpaired) electrons. The summed E-state index contributed by atoms with van der Waals surface area (Å²) < 4.78 is 5.11. The molecule has 1 aromatic rings. The van der Waals surface area contributed by atoms with Crippen LogP contribution in [0.25, 0.3) is 0 Å². The lowest BCUT2D eigenvalue weighted by molar-refractivity contribution is 0.0946. The van der Waals surface area contributed by atoms with E-state index in [2.05, 4.69) is 5.32 Å². The number of hydrogen-bond acceptors (Lipinski definition) is 3. The number of nitrogens with zero attached hydrogens (tertiary/aromatic N) is 1. The maximum Gasteiger partial charge on any atom is 0.255 e. The third kappa shape index (κ3) is 2.13. The van der Waals surface area contributed by atoms with Crippen molar-refractivity contribution in [2.75, 3.05) is 0 Å². The highest BCUT2D eigenvalue weighted by Crippen LogP contribution is 2.10. The summed E-state index contributed by atoms with van der Waals surface area (Å²) in [6.07, 6.45) is 2.14. The van der Waals surface area contributed by atoms with Crippen LogP contribution in [0, 0.1) is 11.3 Å². The Morgan fingerprint density at radius 3 is 3.07 bits per heavy atom. The fourth-order valence-corrected chi connectivity index (χ4v) is 1.12. The monoisotopic (exact) mass is 192 g/mol. The van der Waals surface area contributed by atoms with Gasteiger partial charge in [-0.15, -0.1) is 0 Å². The second kappa shape index (κ2) is 4.47. The maximum atomic E-state index is 11.5. The summed E-state index contributed by atoms with van der Waals surface area (Å²) >= 11 is 0. The van der Waals surface area contributed by atoms with Gasteiger partial charge in [0.15, 0.2) is 0 Å². The van der Waals surface area contributed by atoms with Crippen molar-refractivity contribution in [3.05, 3.63) is 23.7 Å². The molecule has 0 aliphatic carbocycles. The molecule has 4 heteroatoms. The largest absolute Gasteiger partial charge is 0.469 e. The van der Waals surface area contributed by atoms with E-state index in [1.807, 2.05) is 13.0 Å². The summed E-state index contributed by atoms with van der Waals surface area (Å²) in [5.74, 6) is 0.386. The van der Waals surface area contributed by atoms with Gasteiger partial charge in [0.05, 0.1) is 17.9 Å². The van der Waals surface area contributed by atoms with Gasteiger partial charge in [-0.3, -0.25) is 4.79 Å². The third-order valence-corrected chi connectivity index (χ3v) is 1.85. The zero-order valence-corrected chi connectivity index (χ0v) is 8.20. The van der Waals surface area contributed by atoms with Crippen LogP contribution < -0.4 is 5.32 Å². The third-order valence-electron chi connectivity index (χ3n) is 1.85. The molecule has 0 aromatic carbocycles. The fraction of sp³-hybridized carbons (Fsp3) is 0.400. The first kappa shape index (κ1) is 10.3. The van der Waals surface area contributed by atoms with Crippen molar-refractivity contribution in [2.24, 2.45) is 0 Å². The Morgan fingerprint density at radius 1 is 1.79 bits per heavy atom. The Labute approximate surface area is 82.5 Å². The lowest BCUT2D eigenvalue weighted by atomic mass is 10.2. The molecule has 0 saturated carbocycles. The average molecular weight is 192 g/mol. The molecule has 1 rings (SSSR count). The van der Waals surface area contributed by atoms with E-state index in [9.17, 15) is 4.79 Å². The minimum absolute atomic E-state index is 0.260. The molecule has 0 spiro atoms. The Balaban J connectivity index is 2.75. The number of rotatable bonds is 3. The number of nitrogens with one attached hydrogen (secondary N) is 1. The summed E-state index contributed by atoms with van der Waals surface area (Å²) in [5, 5.41) is 11.1. The van der Waals surface area contributed by atoms with E-state index in [4.69, 9.17) is 9.68 Å². The van der Waals surface area contributed by atoms with Gasteiger partial charge in [0.1, 0.15) is 11.8 Å². The molecule has 1 amide bonds. The van der Waals surface area contributed by atoms with Crippen LogP contribution in [0.15, 0.2) is 16.7 Å². The van der Waals surface area contributed by atoms with Gasteiger partial charge in [-0.05, 0) is 13.0 Å². The predicted octanol–water partition coefficient (Wildman–Crippen LogP) is 1.48. The standard InChI is InChI=1S/C10H12N2O2/c1-3-9-8(4-5-14-9)10(13)12-7(2)6-11/h4-5,7H,3H2,1-2H3,(H,12,13). The molecule has 0 bridgehead atoms. The SMILES string of the molecule is CCc1occc1C(=O)NC(C)C#N. The van der Waals surface area contributed by atoms with Gasteiger partial charge in [0.25, 0.3) is 5.91 Å². The van der Waals surface area contributed by atoms with Crippen LogP contribution in [0.5, 0.6) is 0 Å². The Bertz CT molecular complexity index is 362. The highest BCUT2D eigenvalue weighted by Gasteiger charge is 2.14. The molecule has 14 heavy (non-hydrogen) atoms. The highest BCUT2D eigenvalue weighted by atomic mass is 16.3. The molecule has 0 aliphatic heterocycles. The van der Waals surface area contributed by atoms with Gasteiger partial charge in [-0.2, -0.15) is 5.26 Å². The molecule has 74 valence electrons. The fourth-order valence-electron chi connectivity index (χ4n) is 1.12. The van der Waals surface area contributed by atoms with E-state index in [-0.39, 0.29) is 5.91 Å². The smallest absolute Gasteiger partial charge is 0.255 e. The first-order chi connectivity index (χ1) is 6.69. The molecule has 1 heterocycles. The van der Waals surface area contributed by atoms with Crippen molar-refractivity contribution in [1.82, 2.24) is 5.32 Å². The number of amides is 1. The minimum atomic E-state index is -0.484. The van der Waals surface area contributed by atoms with Gasteiger partial charge >= 0.3 is 0 Å². The van der Waals surface area contributed by atoms with E-state index in [1.54, 1.807) is 13.0 Å². The van der Waals surface area contributed by atoms with E-state index in [0.29, 0.717) is 17.7 Å². The van der Waals surface area contributed by atoms with Gasteiger partial charge in [-0.25, -0.2) is 0 Å². The summed E-state index contributed by atoms with van der Waals surface area (Å²) in [6, 6.07) is 3.06. The zero-order valence-electron chi connectivity index (χ0n) is 8.20. The van der Waals surface area contributed by atoms with Crippen LogP contribution in [0.2, 0.25) is 0 Å². The van der Waals surface area contributed by atoms with Crippen LogP contribution in [0.4, 0.5) is 0 Å². The second-order valence-corrected chi connectivity index (χ2v) is 2.94. The first-order valence-corrected chi connectivity index (χ1v) is 4.45. The summed E-state index contributed by atoms with van der Waals surface area (Å²) in [6.45, 7) is 3.53. The average Bonchev–Trinajstić information content (AvgIpc) is 2.65. The van der Waals surface area contributed by atoms with E-state index >= 15 is 0 Å². The Kier molecular flexibility index (Phi) is 3.29. The lowest BCUT2D eigenvalue weighted by Crippen LogP contribution is -2.31. The molecule has 0 aliphatic rings. The van der Waals surface area contributed by atoms with Crippen molar-refractivity contribution >= 4 is 5.91 Å². The molecule has 1 aromatic heterocycles.